The minimum atomic E-state index is -0.906. The van der Waals surface area contributed by atoms with E-state index in [4.69, 9.17) is 0 Å². The van der Waals surface area contributed by atoms with Crippen LogP contribution in [-0.2, 0) is 6.42 Å². The Labute approximate surface area is 168 Å². The van der Waals surface area contributed by atoms with Gasteiger partial charge in [0.1, 0.15) is 5.82 Å². The molecule has 0 bridgehead atoms. The zero-order chi connectivity index (χ0) is 20.1. The van der Waals surface area contributed by atoms with Crippen molar-refractivity contribution < 1.29 is 14.3 Å². The molecule has 2 N–H and O–H groups in total. The third-order valence-corrected chi connectivity index (χ3v) is 5.43. The standard InChI is InChI=1S/C23H22FNO2S/c1-15-3-9-20(14-21(15)23(26)27)28-25-12-11-17-4-6-18(7-5-17)19-8-10-22(24)16(2)13-19/h3-10,13-14,25H,11-12H2,1-2H3,(H,26,27). The van der Waals surface area contributed by atoms with E-state index in [1.165, 1.54) is 23.6 Å². The van der Waals surface area contributed by atoms with E-state index in [9.17, 15) is 14.3 Å². The van der Waals surface area contributed by atoms with Gasteiger partial charge < -0.3 is 5.11 Å². The van der Waals surface area contributed by atoms with Crippen LogP contribution in [0.15, 0.2) is 65.6 Å². The molecule has 28 heavy (non-hydrogen) atoms. The Kier molecular flexibility index (Phi) is 6.49. The number of hydrogen-bond acceptors (Lipinski definition) is 3. The molecule has 0 saturated carbocycles. The first-order valence-electron chi connectivity index (χ1n) is 9.03. The number of carboxylic acid groups (broad SMARTS) is 1. The van der Waals surface area contributed by atoms with E-state index in [0.717, 1.165) is 34.6 Å². The highest BCUT2D eigenvalue weighted by molar-refractivity contribution is 7.97. The Bertz CT molecular complexity index is 986. The van der Waals surface area contributed by atoms with Crippen molar-refractivity contribution in [3.05, 3.63) is 88.7 Å². The van der Waals surface area contributed by atoms with Crippen LogP contribution in [0.5, 0.6) is 0 Å². The van der Waals surface area contributed by atoms with Crippen LogP contribution in [0.4, 0.5) is 4.39 Å². The molecule has 5 heteroatoms. The summed E-state index contributed by atoms with van der Waals surface area (Å²) in [7, 11) is 0. The van der Waals surface area contributed by atoms with E-state index in [1.807, 2.05) is 30.3 Å². The Balaban J connectivity index is 1.53. The Morgan fingerprint density at radius 3 is 2.36 bits per heavy atom. The average Bonchev–Trinajstić information content (AvgIpc) is 2.69. The van der Waals surface area contributed by atoms with Crippen molar-refractivity contribution in [2.24, 2.45) is 0 Å². The third kappa shape index (κ3) is 5.00. The second-order valence-corrected chi connectivity index (χ2v) is 7.65. The number of carboxylic acids is 1. The SMILES string of the molecule is Cc1cc(-c2ccc(CCNSc3ccc(C)c(C(=O)O)c3)cc2)ccc1F. The number of hydrogen-bond donors (Lipinski definition) is 2. The molecular formula is C23H22FNO2S. The van der Waals surface area contributed by atoms with Gasteiger partial charge in [-0.15, -0.1) is 0 Å². The van der Waals surface area contributed by atoms with E-state index < -0.39 is 5.97 Å². The number of aromatic carboxylic acids is 1. The van der Waals surface area contributed by atoms with Crippen molar-refractivity contribution in [2.45, 2.75) is 25.2 Å². The highest BCUT2D eigenvalue weighted by atomic mass is 32.2. The number of benzene rings is 3. The lowest BCUT2D eigenvalue weighted by Gasteiger charge is -2.08. The fourth-order valence-electron chi connectivity index (χ4n) is 2.91. The third-order valence-electron chi connectivity index (χ3n) is 4.59. The molecule has 0 heterocycles. The van der Waals surface area contributed by atoms with Gasteiger partial charge in [0.2, 0.25) is 0 Å². The van der Waals surface area contributed by atoms with Crippen LogP contribution >= 0.6 is 11.9 Å². The van der Waals surface area contributed by atoms with Gasteiger partial charge in [-0.3, -0.25) is 4.72 Å². The van der Waals surface area contributed by atoms with E-state index in [1.54, 1.807) is 26.0 Å². The van der Waals surface area contributed by atoms with Gasteiger partial charge in [0.05, 0.1) is 5.56 Å². The highest BCUT2D eigenvalue weighted by Gasteiger charge is 2.08. The maximum atomic E-state index is 13.4. The number of aryl methyl sites for hydroxylation is 2. The molecule has 3 aromatic rings. The minimum Gasteiger partial charge on any atom is -0.478 e. The van der Waals surface area contributed by atoms with Crippen LogP contribution in [0.25, 0.3) is 11.1 Å². The Hall–Kier alpha value is -2.63. The van der Waals surface area contributed by atoms with E-state index in [-0.39, 0.29) is 5.82 Å². The lowest BCUT2D eigenvalue weighted by atomic mass is 10.0. The fraction of sp³-hybridized carbons (Fsp3) is 0.174. The molecular weight excluding hydrogens is 373 g/mol. The van der Waals surface area contributed by atoms with Gasteiger partial charge in [-0.05, 0) is 84.3 Å². The molecule has 0 aliphatic carbocycles. The van der Waals surface area contributed by atoms with Crippen LogP contribution in [0.3, 0.4) is 0 Å². The zero-order valence-electron chi connectivity index (χ0n) is 15.8. The first kappa shape index (κ1) is 20.1. The van der Waals surface area contributed by atoms with Crippen molar-refractivity contribution in [1.82, 2.24) is 4.72 Å². The lowest BCUT2D eigenvalue weighted by Crippen LogP contribution is -2.08. The largest absolute Gasteiger partial charge is 0.478 e. The van der Waals surface area contributed by atoms with Gasteiger partial charge >= 0.3 is 5.97 Å². The Morgan fingerprint density at radius 2 is 1.68 bits per heavy atom. The second-order valence-electron chi connectivity index (χ2n) is 6.69. The molecule has 0 fully saturated rings. The first-order chi connectivity index (χ1) is 13.4. The minimum absolute atomic E-state index is 0.187. The summed E-state index contributed by atoms with van der Waals surface area (Å²) >= 11 is 1.43. The van der Waals surface area contributed by atoms with Crippen molar-refractivity contribution in [2.75, 3.05) is 6.54 Å². The maximum absolute atomic E-state index is 13.4. The summed E-state index contributed by atoms with van der Waals surface area (Å²) in [5.41, 5.74) is 5.00. The van der Waals surface area contributed by atoms with Gasteiger partial charge in [0, 0.05) is 11.4 Å². The van der Waals surface area contributed by atoms with E-state index in [0.29, 0.717) is 11.1 Å². The molecule has 0 unspecified atom stereocenters. The van der Waals surface area contributed by atoms with Crippen LogP contribution in [0.1, 0.15) is 27.0 Å². The average molecular weight is 395 g/mol. The molecule has 144 valence electrons. The van der Waals surface area contributed by atoms with Crippen LogP contribution in [0.2, 0.25) is 0 Å². The smallest absolute Gasteiger partial charge is 0.335 e. The maximum Gasteiger partial charge on any atom is 0.335 e. The van der Waals surface area contributed by atoms with Gasteiger partial charge in [-0.2, -0.15) is 0 Å². The summed E-state index contributed by atoms with van der Waals surface area (Å²) in [6.07, 6.45) is 0.855. The number of halogens is 1. The van der Waals surface area contributed by atoms with Crippen molar-refractivity contribution in [3.63, 3.8) is 0 Å². The molecule has 0 amide bonds. The van der Waals surface area contributed by atoms with Crippen LogP contribution in [-0.4, -0.2) is 17.6 Å². The summed E-state index contributed by atoms with van der Waals surface area (Å²) < 4.78 is 16.7. The zero-order valence-corrected chi connectivity index (χ0v) is 16.6. The summed E-state index contributed by atoms with van der Waals surface area (Å²) in [6, 6.07) is 18.8. The fourth-order valence-corrected chi connectivity index (χ4v) is 3.60. The number of rotatable bonds is 7. The molecule has 0 aliphatic heterocycles. The summed E-state index contributed by atoms with van der Waals surface area (Å²) in [5.74, 6) is -1.09. The van der Waals surface area contributed by atoms with Gasteiger partial charge in [0.15, 0.2) is 0 Å². The molecule has 3 nitrogen and oxygen atoms in total. The predicted molar refractivity (Wildman–Crippen MR) is 112 cm³/mol. The molecule has 0 aliphatic rings. The van der Waals surface area contributed by atoms with Crippen LogP contribution in [0, 0.1) is 19.7 Å². The molecule has 3 rings (SSSR count). The van der Waals surface area contributed by atoms with Crippen molar-refractivity contribution >= 4 is 17.9 Å². The molecule has 0 spiro atoms. The van der Waals surface area contributed by atoms with E-state index in [2.05, 4.69) is 16.9 Å². The molecule has 0 radical (unpaired) electrons. The van der Waals surface area contributed by atoms with Crippen molar-refractivity contribution in [1.29, 1.82) is 0 Å². The van der Waals surface area contributed by atoms with Gasteiger partial charge in [-0.25, -0.2) is 9.18 Å². The number of carbonyl (C=O) groups is 1. The normalized spacial score (nSPS) is 10.8. The summed E-state index contributed by atoms with van der Waals surface area (Å²) in [5, 5.41) is 9.20. The predicted octanol–water partition coefficient (Wildman–Crippen LogP) is 5.65. The quantitative estimate of drug-likeness (QED) is 0.401. The number of nitrogens with one attached hydrogen (secondary N) is 1. The molecule has 0 aromatic heterocycles. The molecule has 3 aromatic carbocycles. The van der Waals surface area contributed by atoms with Gasteiger partial charge in [-0.1, -0.05) is 36.4 Å². The monoisotopic (exact) mass is 395 g/mol. The topological polar surface area (TPSA) is 49.3 Å². The lowest BCUT2D eigenvalue weighted by molar-refractivity contribution is 0.0696. The van der Waals surface area contributed by atoms with Gasteiger partial charge in [0.25, 0.3) is 0 Å². The second kappa shape index (κ2) is 9.04. The molecule has 0 saturated heterocycles. The molecule has 0 atom stereocenters. The summed E-state index contributed by atoms with van der Waals surface area (Å²) in [6.45, 7) is 4.32. The highest BCUT2D eigenvalue weighted by Crippen LogP contribution is 2.23. The van der Waals surface area contributed by atoms with Crippen LogP contribution < -0.4 is 4.72 Å². The first-order valence-corrected chi connectivity index (χ1v) is 9.85. The van der Waals surface area contributed by atoms with Crippen molar-refractivity contribution in [3.8, 4) is 11.1 Å². The summed E-state index contributed by atoms with van der Waals surface area (Å²) in [4.78, 5) is 12.1. The Morgan fingerprint density at radius 1 is 0.964 bits per heavy atom. The van der Waals surface area contributed by atoms with E-state index >= 15 is 0 Å².